The fourth-order valence-corrected chi connectivity index (χ4v) is 9.83. The number of phenols is 1. The molecule has 2 aliphatic heterocycles. The van der Waals surface area contributed by atoms with Crippen molar-refractivity contribution in [1.29, 1.82) is 0 Å². The highest BCUT2D eigenvalue weighted by Gasteiger charge is 2.44. The van der Waals surface area contributed by atoms with E-state index in [2.05, 4.69) is 42.5 Å². The number of aromatic hydroxyl groups is 1. The Bertz CT molecular complexity index is 2400. The summed E-state index contributed by atoms with van der Waals surface area (Å²) in [7, 11) is 0. The molecule has 27 nitrogen and oxygen atoms in total. The van der Waals surface area contributed by atoms with Crippen molar-refractivity contribution in [2.45, 2.75) is 179 Å². The predicted molar refractivity (Wildman–Crippen MR) is 302 cm³/mol. The van der Waals surface area contributed by atoms with Crippen molar-refractivity contribution in [1.82, 2.24) is 52.3 Å². The molecule has 1 aromatic rings. The number of carboxylic acid groups (broad SMARTS) is 2. The largest absolute Gasteiger partial charge is 0.508 e. The zero-order chi connectivity index (χ0) is 61.4. The normalized spacial score (nSPS) is 18.2. The summed E-state index contributed by atoms with van der Waals surface area (Å²) in [5.74, 6) is -10.0. The fourth-order valence-electron chi connectivity index (χ4n) is 9.36. The number of benzene rings is 1. The lowest BCUT2D eigenvalue weighted by molar-refractivity contribution is -0.149. The number of amides is 10. The lowest BCUT2D eigenvalue weighted by Gasteiger charge is -2.33. The predicted octanol–water partition coefficient (Wildman–Crippen LogP) is -1.67. The van der Waals surface area contributed by atoms with Gasteiger partial charge < -0.3 is 79.1 Å². The number of nitrogens with two attached hydrogens (primary N) is 2. The van der Waals surface area contributed by atoms with Gasteiger partial charge >= 0.3 is 11.9 Å². The molecule has 2 heterocycles. The molecule has 0 unspecified atom stereocenters. The average Bonchev–Trinajstić information content (AvgIpc) is 4.23. The molecule has 3 rings (SSSR count). The minimum absolute atomic E-state index is 0.0616. The summed E-state index contributed by atoms with van der Waals surface area (Å²) in [4.78, 5) is 162. The number of carbonyl (C=O) groups excluding carboxylic acids is 10. The van der Waals surface area contributed by atoms with E-state index >= 15 is 0 Å². The van der Waals surface area contributed by atoms with Crippen LogP contribution in [0.25, 0.3) is 0 Å². The summed E-state index contributed by atoms with van der Waals surface area (Å²) in [6, 6.07) is -5.95. The zero-order valence-corrected chi connectivity index (χ0v) is 48.8. The van der Waals surface area contributed by atoms with Crippen LogP contribution in [0.3, 0.4) is 0 Å². The van der Waals surface area contributed by atoms with Gasteiger partial charge in [-0.3, -0.25) is 52.7 Å². The number of aliphatic carboxylic acids is 2. The third-order valence-corrected chi connectivity index (χ3v) is 15.1. The number of carboxylic acids is 2. The molecule has 2 aliphatic rings. The maximum Gasteiger partial charge on any atom is 0.326 e. The molecule has 2 fully saturated rings. The Labute approximate surface area is 482 Å². The third-order valence-electron chi connectivity index (χ3n) is 14.4. The number of thioether (sulfide) groups is 1. The quantitative estimate of drug-likeness (QED) is 0.0343. The molecule has 11 atom stereocenters. The first kappa shape index (κ1) is 69.2. The first-order valence-corrected chi connectivity index (χ1v) is 29.3. The van der Waals surface area contributed by atoms with E-state index in [0.29, 0.717) is 49.8 Å². The number of rotatable bonds is 34. The smallest absolute Gasteiger partial charge is 0.326 e. The van der Waals surface area contributed by atoms with Crippen LogP contribution in [0, 0.1) is 11.8 Å². The average molecular weight is 1180 g/mol. The summed E-state index contributed by atoms with van der Waals surface area (Å²) in [6.45, 7) is 9.60. The van der Waals surface area contributed by atoms with Crippen LogP contribution in [0.2, 0.25) is 0 Å². The third kappa shape index (κ3) is 21.7. The van der Waals surface area contributed by atoms with Crippen LogP contribution in [-0.4, -0.2) is 195 Å². The summed E-state index contributed by atoms with van der Waals surface area (Å²) in [6.07, 6.45) is 4.10. The van der Waals surface area contributed by atoms with Gasteiger partial charge in [0.2, 0.25) is 59.1 Å². The second-order valence-electron chi connectivity index (χ2n) is 21.2. The highest BCUT2D eigenvalue weighted by Crippen LogP contribution is 2.26. The zero-order valence-electron chi connectivity index (χ0n) is 48.0. The van der Waals surface area contributed by atoms with Crippen molar-refractivity contribution in [2.24, 2.45) is 23.3 Å². The molecular formula is C54H86N12O15S. The number of carbonyl (C=O) groups is 12. The standard InChI is InChI=1S/C54H86N12O15S/c1-8-30(4)44(54(80)81)64-50(76)39-14-11-24-65(39)53(79)40-15-12-25-66(40)52(78)32(6)59-49(75)38(27-33-16-18-34(67)19-17-33)62-48(74)37(22-26-82-7)61-45(71)31(5)58-47(73)36(13-9-10-23-55)60-41(68)28-57-51(77)43(29(2)3)63-46(72)35(56)20-21-42(69)70/h16-19,29-32,35-40,43-44,67H,8-15,20-28,55-56H2,1-7H3,(H,57,77)(H,58,73)(H,59,75)(H,60,68)(H,61,71)(H,62,74)(H,63,72)(H,64,76)(H,69,70)(H,80,81)/t30-,31-,32-,35-,36-,37-,38-,39-,40-,43-,44-/m0/s1. The van der Waals surface area contributed by atoms with Gasteiger partial charge in [0.25, 0.3) is 0 Å². The number of hydrogen-bond donors (Lipinski definition) is 13. The van der Waals surface area contributed by atoms with Crippen LogP contribution in [0.5, 0.6) is 5.75 Å². The Morgan fingerprint density at radius 1 is 0.659 bits per heavy atom. The van der Waals surface area contributed by atoms with E-state index in [1.165, 1.54) is 59.7 Å². The minimum atomic E-state index is -1.37. The SMILES string of the molecule is CC[C@H](C)[C@H](NC(=O)[C@@H]1CCCN1C(=O)[C@@H]1CCCN1C(=O)[C@H](C)NC(=O)[C@H](Cc1ccc(O)cc1)NC(=O)[C@H](CCSC)NC(=O)[C@H](C)NC(=O)[C@H](CCCCN)NC(=O)CNC(=O)[C@@H](NC(=O)[C@@H](N)CCC(=O)O)C(C)C)C(=O)O. The van der Waals surface area contributed by atoms with E-state index in [-0.39, 0.29) is 69.8 Å². The molecule has 10 amide bonds. The van der Waals surface area contributed by atoms with Gasteiger partial charge in [-0.1, -0.05) is 46.2 Å². The minimum Gasteiger partial charge on any atom is -0.508 e. The van der Waals surface area contributed by atoms with E-state index < -0.39 is 144 Å². The number of unbranched alkanes of at least 4 members (excludes halogenated alkanes) is 1. The second-order valence-corrected chi connectivity index (χ2v) is 22.2. The molecule has 28 heteroatoms. The Balaban J connectivity index is 1.73. The van der Waals surface area contributed by atoms with E-state index in [1.807, 2.05) is 0 Å². The monoisotopic (exact) mass is 1170 g/mol. The Morgan fingerprint density at radius 3 is 1.84 bits per heavy atom. The first-order chi connectivity index (χ1) is 38.7. The highest BCUT2D eigenvalue weighted by molar-refractivity contribution is 7.98. The van der Waals surface area contributed by atoms with Crippen LogP contribution in [0.1, 0.15) is 118 Å². The summed E-state index contributed by atoms with van der Waals surface area (Å²) in [5.41, 5.74) is 12.0. The number of phenolic OH excluding ortho intramolecular Hbond substituents is 1. The molecule has 82 heavy (non-hydrogen) atoms. The Hall–Kier alpha value is -7.07. The molecule has 0 spiro atoms. The van der Waals surface area contributed by atoms with E-state index in [4.69, 9.17) is 16.6 Å². The number of nitrogens with one attached hydrogen (secondary N) is 8. The van der Waals surface area contributed by atoms with E-state index in [0.717, 1.165) is 0 Å². The molecule has 15 N–H and O–H groups in total. The lowest BCUT2D eigenvalue weighted by atomic mass is 9.98. The maximum atomic E-state index is 14.2. The van der Waals surface area contributed by atoms with Gasteiger partial charge in [-0.15, -0.1) is 0 Å². The molecule has 2 saturated heterocycles. The Kier molecular flexibility index (Phi) is 29.0. The maximum absolute atomic E-state index is 14.2. The summed E-state index contributed by atoms with van der Waals surface area (Å²) >= 11 is 1.37. The fraction of sp³-hybridized carbons (Fsp3) is 0.667. The van der Waals surface area contributed by atoms with Gasteiger partial charge in [-0.05, 0) is 120 Å². The number of hydrogen-bond acceptors (Lipinski definition) is 16. The molecule has 0 aromatic heterocycles. The molecule has 0 radical (unpaired) electrons. The van der Waals surface area contributed by atoms with Gasteiger partial charge in [-0.2, -0.15) is 11.8 Å². The molecule has 0 bridgehead atoms. The van der Waals surface area contributed by atoms with E-state index in [9.17, 15) is 67.7 Å². The molecule has 458 valence electrons. The van der Waals surface area contributed by atoms with Gasteiger partial charge in [0, 0.05) is 25.9 Å². The van der Waals surface area contributed by atoms with Gasteiger partial charge in [0.1, 0.15) is 60.1 Å². The summed E-state index contributed by atoms with van der Waals surface area (Å²) in [5, 5.41) is 49.3. The topological polar surface area (TPSA) is 420 Å². The van der Waals surface area contributed by atoms with Crippen LogP contribution in [0.15, 0.2) is 24.3 Å². The second kappa shape index (κ2) is 34.4. The van der Waals surface area contributed by atoms with Gasteiger partial charge in [-0.25, -0.2) is 4.79 Å². The van der Waals surface area contributed by atoms with Crippen molar-refractivity contribution in [3.63, 3.8) is 0 Å². The molecular weight excluding hydrogens is 1090 g/mol. The van der Waals surface area contributed by atoms with Gasteiger partial charge in [0.15, 0.2) is 0 Å². The number of likely N-dealkylation sites (tertiary alicyclic amines) is 2. The Morgan fingerprint density at radius 2 is 1.24 bits per heavy atom. The van der Waals surface area contributed by atoms with Crippen LogP contribution < -0.4 is 54.0 Å². The van der Waals surface area contributed by atoms with Crippen LogP contribution in [0.4, 0.5) is 0 Å². The van der Waals surface area contributed by atoms with Crippen LogP contribution in [-0.2, 0) is 64.0 Å². The molecule has 1 aromatic carbocycles. The van der Waals surface area contributed by atoms with Crippen LogP contribution >= 0.6 is 11.8 Å². The van der Waals surface area contributed by atoms with Crippen molar-refractivity contribution >= 4 is 82.8 Å². The number of nitrogens with zero attached hydrogens (tertiary/aromatic N) is 2. The van der Waals surface area contributed by atoms with Crippen molar-refractivity contribution < 1.29 is 72.9 Å². The van der Waals surface area contributed by atoms with Crippen molar-refractivity contribution in [3.8, 4) is 5.75 Å². The van der Waals surface area contributed by atoms with Crippen molar-refractivity contribution in [3.05, 3.63) is 29.8 Å². The lowest BCUT2D eigenvalue weighted by Crippen LogP contribution is -2.60. The van der Waals surface area contributed by atoms with Crippen molar-refractivity contribution in [2.75, 3.05) is 38.2 Å². The van der Waals surface area contributed by atoms with E-state index in [1.54, 1.807) is 34.0 Å². The highest BCUT2D eigenvalue weighted by atomic mass is 32.2. The summed E-state index contributed by atoms with van der Waals surface area (Å²) < 4.78 is 0. The van der Waals surface area contributed by atoms with Gasteiger partial charge in [0.05, 0.1) is 12.6 Å². The first-order valence-electron chi connectivity index (χ1n) is 27.9. The molecule has 0 saturated carbocycles. The molecule has 0 aliphatic carbocycles.